The van der Waals surface area contributed by atoms with Crippen LogP contribution >= 0.6 is 0 Å². The molecule has 0 heterocycles. The first kappa shape index (κ1) is 66.4. The lowest BCUT2D eigenvalue weighted by Crippen LogP contribution is -2.16. The minimum absolute atomic E-state index is 0.0190. The van der Waals surface area contributed by atoms with Crippen molar-refractivity contribution in [2.24, 2.45) is 0 Å². The molecule has 0 fully saturated rings. The van der Waals surface area contributed by atoms with Crippen LogP contribution in [0.3, 0.4) is 0 Å². The third-order valence-electron chi connectivity index (χ3n) is 18.5. The molecule has 0 aliphatic rings. The Morgan fingerprint density at radius 2 is 0.453 bits per heavy atom. The van der Waals surface area contributed by atoms with Crippen molar-refractivity contribution in [3.63, 3.8) is 0 Å². The summed E-state index contributed by atoms with van der Waals surface area (Å²) in [4.78, 5) is 0. The fourth-order valence-corrected chi connectivity index (χ4v) is 13.8. The largest absolute Gasteiger partial charge is 0.496 e. The van der Waals surface area contributed by atoms with Gasteiger partial charge in [0.2, 0.25) is 0 Å². The molecule has 2 heteroatoms. The van der Waals surface area contributed by atoms with Crippen molar-refractivity contribution in [2.45, 2.75) is 119 Å². The van der Waals surface area contributed by atoms with Crippen LogP contribution in [0.1, 0.15) is 116 Å². The lowest BCUT2D eigenvalue weighted by molar-refractivity contribution is 0.398. The van der Waals surface area contributed by atoms with Gasteiger partial charge >= 0.3 is 0 Å². The van der Waals surface area contributed by atoms with E-state index in [1.807, 2.05) is 0 Å². The molecule has 2 nitrogen and oxygen atoms in total. The van der Waals surface area contributed by atoms with Crippen LogP contribution < -0.4 is 9.47 Å². The zero-order chi connectivity index (χ0) is 67.4. The second-order valence-corrected chi connectivity index (χ2v) is 29.3. The fraction of sp³-hybridized carbons (Fsp3) is 0.204. The molecular weight excluding hydrogens is 1150 g/mol. The minimum Gasteiger partial charge on any atom is -0.496 e. The Kier molecular flexibility index (Phi) is 19.2. The molecular formula is C93H92O2. The molecule has 0 aliphatic heterocycles. The summed E-state index contributed by atoms with van der Waals surface area (Å²) in [5.41, 5.74) is 31.1. The Morgan fingerprint density at radius 1 is 0.242 bits per heavy atom. The zero-order valence-corrected chi connectivity index (χ0v) is 58.5. The van der Waals surface area contributed by atoms with Crippen molar-refractivity contribution in [3.05, 3.63) is 313 Å². The van der Waals surface area contributed by atoms with Gasteiger partial charge in [0.25, 0.3) is 0 Å². The van der Waals surface area contributed by atoms with E-state index < -0.39 is 0 Å². The van der Waals surface area contributed by atoms with E-state index in [9.17, 15) is 0 Å². The highest BCUT2D eigenvalue weighted by molar-refractivity contribution is 5.94. The summed E-state index contributed by atoms with van der Waals surface area (Å²) in [5, 5.41) is 0. The highest BCUT2D eigenvalue weighted by Gasteiger charge is 2.31. The van der Waals surface area contributed by atoms with Crippen LogP contribution in [0.25, 0.3) is 111 Å². The van der Waals surface area contributed by atoms with Gasteiger partial charge in [0, 0.05) is 22.3 Å². The maximum absolute atomic E-state index is 6.43. The van der Waals surface area contributed by atoms with Crippen molar-refractivity contribution in [2.75, 3.05) is 7.11 Å². The molecule has 12 aromatic rings. The predicted molar refractivity (Wildman–Crippen MR) is 409 cm³/mol. The van der Waals surface area contributed by atoms with Gasteiger partial charge in [-0.3, -0.25) is 0 Å². The van der Waals surface area contributed by atoms with E-state index in [0.29, 0.717) is 0 Å². The molecule has 0 atom stereocenters. The average Bonchev–Trinajstić information content (AvgIpc) is 0.754. The second kappa shape index (κ2) is 27.5. The van der Waals surface area contributed by atoms with E-state index in [1.165, 1.54) is 106 Å². The lowest BCUT2D eigenvalue weighted by Gasteiger charge is -2.29. The summed E-state index contributed by atoms with van der Waals surface area (Å²) < 4.78 is 12.8. The minimum atomic E-state index is -0.234. The van der Waals surface area contributed by atoms with E-state index in [0.717, 1.165) is 56.0 Å². The number of rotatable bonds is 13. The van der Waals surface area contributed by atoms with Gasteiger partial charge in [0.05, 0.1) is 13.4 Å². The standard InChI is InChI=1S/C47H46O2.C46H46/c1-9-49-45-41(29-35(31-43(45)47(5,6)7)39-27-19-17-25-37(39)33-22-14-11-15-23-33)40-28-34(30-42(44(40)48-8)46(2,3)4)38-26-18-16-24-36(38)32-20-12-10-13-21-32;1-31-41(27-35(29-43(31)45(3,4)5)39-25-17-15-23-37(39)33-19-11-9-12-20-33)42-28-36(30-44(32(42)2)46(6,7)8)40-26-18-16-24-38(40)34-21-13-10-14-22-34/h9-31H,1H2,2-8H3;9-30H,1-8H3. The van der Waals surface area contributed by atoms with Gasteiger partial charge in [-0.2, -0.15) is 0 Å². The van der Waals surface area contributed by atoms with E-state index in [1.54, 1.807) is 7.11 Å². The quantitative estimate of drug-likeness (QED) is 0.107. The summed E-state index contributed by atoms with van der Waals surface area (Å²) in [7, 11) is 1.78. The summed E-state index contributed by atoms with van der Waals surface area (Å²) in [6.07, 6.45) is 1.54. The Labute approximate surface area is 567 Å². The molecule has 0 spiro atoms. The van der Waals surface area contributed by atoms with Gasteiger partial charge in [-0.05, 0) is 194 Å². The summed E-state index contributed by atoms with van der Waals surface area (Å²) in [5.74, 6) is 1.63. The van der Waals surface area contributed by atoms with Crippen LogP contribution in [-0.2, 0) is 21.7 Å². The molecule has 12 rings (SSSR count). The van der Waals surface area contributed by atoms with Gasteiger partial charge in [0.1, 0.15) is 11.5 Å². The van der Waals surface area contributed by atoms with Gasteiger partial charge in [-0.25, -0.2) is 0 Å². The van der Waals surface area contributed by atoms with Gasteiger partial charge in [-0.1, -0.05) is 320 Å². The second-order valence-electron chi connectivity index (χ2n) is 29.3. The van der Waals surface area contributed by atoms with Crippen molar-refractivity contribution in [1.82, 2.24) is 0 Å². The van der Waals surface area contributed by atoms with Crippen LogP contribution in [0.4, 0.5) is 0 Å². The Bertz CT molecular complexity index is 4540. The number of benzene rings is 12. The molecule has 95 heavy (non-hydrogen) atoms. The smallest absolute Gasteiger partial charge is 0.138 e. The van der Waals surface area contributed by atoms with E-state index in [-0.39, 0.29) is 21.7 Å². The van der Waals surface area contributed by atoms with E-state index >= 15 is 0 Å². The lowest BCUT2D eigenvalue weighted by atomic mass is 9.75. The normalized spacial score (nSPS) is 11.8. The van der Waals surface area contributed by atoms with Crippen molar-refractivity contribution in [3.8, 4) is 123 Å². The van der Waals surface area contributed by atoms with Crippen LogP contribution in [0.2, 0.25) is 0 Å². The Balaban J connectivity index is 0.000000194. The van der Waals surface area contributed by atoms with Crippen LogP contribution in [-0.4, -0.2) is 7.11 Å². The first-order chi connectivity index (χ1) is 45.4. The van der Waals surface area contributed by atoms with Gasteiger partial charge in [-0.15, -0.1) is 0 Å². The SMILES string of the molecule is C=COc1c(-c2cc(-c3ccccc3-c3ccccc3)cc(C(C)(C)C)c2OC)cc(-c2ccccc2-c2ccccc2)cc1C(C)(C)C.Cc1c(-c2cc(-c3ccccc3-c3ccccc3)cc(C(C)(C)C)c2C)cc(-c2ccccc2-c2ccccc2)cc1C(C)(C)C. The third-order valence-corrected chi connectivity index (χ3v) is 18.5. The van der Waals surface area contributed by atoms with Crippen molar-refractivity contribution < 1.29 is 9.47 Å². The van der Waals surface area contributed by atoms with Gasteiger partial charge < -0.3 is 9.47 Å². The molecule has 0 saturated carbocycles. The number of methoxy groups -OCH3 is 1. The van der Waals surface area contributed by atoms with E-state index in [2.05, 4.69) is 370 Å². The molecule has 476 valence electrons. The molecule has 0 radical (unpaired) electrons. The fourth-order valence-electron chi connectivity index (χ4n) is 13.8. The van der Waals surface area contributed by atoms with Crippen LogP contribution in [0.5, 0.6) is 11.5 Å². The maximum atomic E-state index is 6.43. The number of ether oxygens (including phenoxy) is 2. The molecule has 0 aromatic heterocycles. The van der Waals surface area contributed by atoms with Gasteiger partial charge in [0.15, 0.2) is 0 Å². The summed E-state index contributed by atoms with van der Waals surface area (Å²) in [6.45, 7) is 36.1. The van der Waals surface area contributed by atoms with Crippen LogP contribution in [0, 0.1) is 13.8 Å². The first-order valence-electron chi connectivity index (χ1n) is 33.5. The monoisotopic (exact) mass is 1240 g/mol. The molecule has 12 aromatic carbocycles. The maximum Gasteiger partial charge on any atom is 0.138 e. The van der Waals surface area contributed by atoms with Crippen LogP contribution in [0.15, 0.2) is 280 Å². The highest BCUT2D eigenvalue weighted by Crippen LogP contribution is 2.52. The predicted octanol–water partition coefficient (Wildman–Crippen LogP) is 26.4. The highest BCUT2D eigenvalue weighted by atomic mass is 16.5. The average molecular weight is 1240 g/mol. The topological polar surface area (TPSA) is 18.5 Å². The van der Waals surface area contributed by atoms with E-state index in [4.69, 9.17) is 9.47 Å². The molecule has 0 saturated heterocycles. The summed E-state index contributed by atoms with van der Waals surface area (Å²) in [6, 6.07) is 96.7. The molecule has 0 unspecified atom stereocenters. The molecule has 0 aliphatic carbocycles. The number of hydrogen-bond acceptors (Lipinski definition) is 2. The zero-order valence-electron chi connectivity index (χ0n) is 58.5. The molecule has 0 N–H and O–H groups in total. The molecule has 0 amide bonds. The van der Waals surface area contributed by atoms with Crippen molar-refractivity contribution in [1.29, 1.82) is 0 Å². The van der Waals surface area contributed by atoms with Crippen molar-refractivity contribution >= 4 is 0 Å². The molecule has 0 bridgehead atoms. The third kappa shape index (κ3) is 14.3. The first-order valence-corrected chi connectivity index (χ1v) is 33.5. The summed E-state index contributed by atoms with van der Waals surface area (Å²) >= 11 is 0. The Morgan fingerprint density at radius 3 is 0.695 bits per heavy atom. The number of hydrogen-bond donors (Lipinski definition) is 0. The Hall–Kier alpha value is -10.0.